The molecular formula is C18H17BrO2. The van der Waals surface area contributed by atoms with Crippen molar-refractivity contribution in [3.8, 4) is 5.75 Å². The Bertz CT molecular complexity index is 732. The third kappa shape index (κ3) is 2.51. The maximum absolute atomic E-state index is 12.7. The Morgan fingerprint density at radius 1 is 1.14 bits per heavy atom. The molecule has 0 amide bonds. The molecule has 21 heavy (non-hydrogen) atoms. The highest BCUT2D eigenvalue weighted by atomic mass is 79.9. The van der Waals surface area contributed by atoms with Gasteiger partial charge in [-0.15, -0.1) is 0 Å². The molecule has 0 aliphatic carbocycles. The monoisotopic (exact) mass is 344 g/mol. The second-order valence-electron chi connectivity index (χ2n) is 6.18. The molecule has 0 N–H and O–H groups in total. The Morgan fingerprint density at radius 2 is 1.81 bits per heavy atom. The highest BCUT2D eigenvalue weighted by molar-refractivity contribution is 9.10. The van der Waals surface area contributed by atoms with Crippen LogP contribution >= 0.6 is 15.9 Å². The van der Waals surface area contributed by atoms with Gasteiger partial charge in [0.15, 0.2) is 5.78 Å². The molecule has 1 heterocycles. The summed E-state index contributed by atoms with van der Waals surface area (Å²) in [5, 5.41) is 0. The van der Waals surface area contributed by atoms with Gasteiger partial charge in [-0.25, -0.2) is 0 Å². The molecular weight excluding hydrogens is 328 g/mol. The first kappa shape index (κ1) is 14.3. The minimum Gasteiger partial charge on any atom is -0.492 e. The van der Waals surface area contributed by atoms with Gasteiger partial charge in [0.2, 0.25) is 0 Å². The lowest BCUT2D eigenvalue weighted by atomic mass is 9.85. The first-order chi connectivity index (χ1) is 9.88. The minimum atomic E-state index is -0.0404. The Kier molecular flexibility index (Phi) is 3.40. The predicted molar refractivity (Wildman–Crippen MR) is 87.3 cm³/mol. The summed E-state index contributed by atoms with van der Waals surface area (Å²) in [5.41, 5.74) is 3.57. The molecule has 0 aromatic heterocycles. The number of halogens is 1. The van der Waals surface area contributed by atoms with Crippen molar-refractivity contribution in [2.75, 3.05) is 6.61 Å². The molecule has 0 fully saturated rings. The fraction of sp³-hybridized carbons (Fsp3) is 0.278. The summed E-state index contributed by atoms with van der Waals surface area (Å²) in [5.74, 6) is 0.944. The lowest BCUT2D eigenvalue weighted by Gasteiger charge is -2.15. The fourth-order valence-corrected chi connectivity index (χ4v) is 2.86. The van der Waals surface area contributed by atoms with Gasteiger partial charge in [0.25, 0.3) is 0 Å². The Balaban J connectivity index is 2.01. The molecule has 0 spiro atoms. The normalized spacial score (nSPS) is 15.4. The van der Waals surface area contributed by atoms with Gasteiger partial charge in [-0.05, 0) is 48.9 Å². The van der Waals surface area contributed by atoms with Crippen molar-refractivity contribution >= 4 is 21.7 Å². The first-order valence-electron chi connectivity index (χ1n) is 6.97. The average Bonchev–Trinajstić information content (AvgIpc) is 2.76. The van der Waals surface area contributed by atoms with Crippen molar-refractivity contribution in [2.45, 2.75) is 26.2 Å². The number of carbonyl (C=O) groups excluding carboxylic acids is 1. The number of ether oxygens (including phenoxy) is 1. The Labute approximate surface area is 133 Å². The van der Waals surface area contributed by atoms with Crippen LogP contribution in [-0.2, 0) is 5.41 Å². The van der Waals surface area contributed by atoms with Gasteiger partial charge in [-0.1, -0.05) is 29.8 Å². The number of aryl methyl sites for hydroxylation is 1. The van der Waals surface area contributed by atoms with Crippen LogP contribution in [0.2, 0.25) is 0 Å². The van der Waals surface area contributed by atoms with Crippen molar-refractivity contribution in [2.24, 2.45) is 0 Å². The van der Waals surface area contributed by atoms with Crippen LogP contribution in [0.25, 0.3) is 0 Å². The summed E-state index contributed by atoms with van der Waals surface area (Å²) in [4.78, 5) is 12.7. The third-order valence-electron chi connectivity index (χ3n) is 3.98. The van der Waals surface area contributed by atoms with E-state index in [1.54, 1.807) is 0 Å². The van der Waals surface area contributed by atoms with Crippen LogP contribution in [0.5, 0.6) is 5.75 Å². The van der Waals surface area contributed by atoms with Crippen LogP contribution in [0.15, 0.2) is 40.9 Å². The molecule has 0 bridgehead atoms. The number of benzene rings is 2. The highest BCUT2D eigenvalue weighted by Gasteiger charge is 2.32. The maximum Gasteiger partial charge on any atom is 0.193 e. The zero-order valence-electron chi connectivity index (χ0n) is 12.4. The molecule has 108 valence electrons. The van der Waals surface area contributed by atoms with E-state index in [1.165, 1.54) is 0 Å². The molecule has 1 aliphatic heterocycles. The Morgan fingerprint density at radius 3 is 2.52 bits per heavy atom. The molecule has 0 radical (unpaired) electrons. The number of carbonyl (C=O) groups is 1. The first-order valence-corrected chi connectivity index (χ1v) is 7.76. The van der Waals surface area contributed by atoms with Gasteiger partial charge in [0.05, 0.1) is 6.61 Å². The number of fused-ring (bicyclic) bond motifs is 1. The lowest BCUT2D eigenvalue weighted by Crippen LogP contribution is -2.18. The number of hydrogen-bond donors (Lipinski definition) is 0. The van der Waals surface area contributed by atoms with Gasteiger partial charge in [0, 0.05) is 26.6 Å². The van der Waals surface area contributed by atoms with E-state index in [1.807, 2.05) is 43.3 Å². The van der Waals surface area contributed by atoms with Crippen LogP contribution in [0.3, 0.4) is 0 Å². The standard InChI is InChI=1S/C18H17BrO2/c1-11-8-12(4-6-15(11)19)17(20)13-5-7-16-14(9-13)18(2,3)10-21-16/h4-9H,10H2,1-3H3. The van der Waals surface area contributed by atoms with E-state index in [2.05, 4.69) is 29.8 Å². The zero-order valence-corrected chi connectivity index (χ0v) is 14.0. The average molecular weight is 345 g/mol. The quantitative estimate of drug-likeness (QED) is 0.740. The second kappa shape index (κ2) is 4.99. The summed E-state index contributed by atoms with van der Waals surface area (Å²) in [6.07, 6.45) is 0. The van der Waals surface area contributed by atoms with Gasteiger partial charge in [-0.3, -0.25) is 4.79 Å². The molecule has 2 aromatic carbocycles. The highest BCUT2D eigenvalue weighted by Crippen LogP contribution is 2.39. The molecule has 0 atom stereocenters. The van der Waals surface area contributed by atoms with Crippen molar-refractivity contribution < 1.29 is 9.53 Å². The van der Waals surface area contributed by atoms with Crippen LogP contribution < -0.4 is 4.74 Å². The van der Waals surface area contributed by atoms with Gasteiger partial charge in [0.1, 0.15) is 5.75 Å². The maximum atomic E-state index is 12.7. The lowest BCUT2D eigenvalue weighted by molar-refractivity contribution is 0.103. The summed E-state index contributed by atoms with van der Waals surface area (Å²) < 4.78 is 6.69. The van der Waals surface area contributed by atoms with Crippen LogP contribution in [0.4, 0.5) is 0 Å². The molecule has 0 unspecified atom stereocenters. The molecule has 1 aliphatic rings. The van der Waals surface area contributed by atoms with E-state index in [4.69, 9.17) is 4.74 Å². The van der Waals surface area contributed by atoms with Gasteiger partial charge in [-0.2, -0.15) is 0 Å². The summed E-state index contributed by atoms with van der Waals surface area (Å²) >= 11 is 3.46. The van der Waals surface area contributed by atoms with E-state index in [0.717, 1.165) is 21.3 Å². The minimum absolute atomic E-state index is 0.0404. The second-order valence-corrected chi connectivity index (χ2v) is 7.03. The number of hydrogen-bond acceptors (Lipinski definition) is 2. The van der Waals surface area contributed by atoms with Crippen molar-refractivity contribution in [3.05, 3.63) is 63.1 Å². The zero-order chi connectivity index (χ0) is 15.2. The van der Waals surface area contributed by atoms with Gasteiger partial charge < -0.3 is 4.74 Å². The topological polar surface area (TPSA) is 26.3 Å². The predicted octanol–water partition coefficient (Wildman–Crippen LogP) is 4.66. The molecule has 0 saturated carbocycles. The summed E-state index contributed by atoms with van der Waals surface area (Å²) in [6.45, 7) is 6.92. The van der Waals surface area contributed by atoms with Crippen molar-refractivity contribution in [1.29, 1.82) is 0 Å². The largest absolute Gasteiger partial charge is 0.492 e. The van der Waals surface area contributed by atoms with E-state index in [-0.39, 0.29) is 11.2 Å². The molecule has 2 aromatic rings. The van der Waals surface area contributed by atoms with E-state index in [0.29, 0.717) is 17.7 Å². The molecule has 0 saturated heterocycles. The Hall–Kier alpha value is -1.61. The van der Waals surface area contributed by atoms with Crippen LogP contribution in [-0.4, -0.2) is 12.4 Å². The molecule has 3 heteroatoms. The molecule has 3 rings (SSSR count). The summed E-state index contributed by atoms with van der Waals surface area (Å²) in [7, 11) is 0. The number of rotatable bonds is 2. The summed E-state index contributed by atoms with van der Waals surface area (Å²) in [6, 6.07) is 11.4. The van der Waals surface area contributed by atoms with E-state index >= 15 is 0 Å². The van der Waals surface area contributed by atoms with Crippen LogP contribution in [0, 0.1) is 6.92 Å². The van der Waals surface area contributed by atoms with E-state index in [9.17, 15) is 4.79 Å². The van der Waals surface area contributed by atoms with Crippen LogP contribution in [0.1, 0.15) is 40.9 Å². The molecule has 2 nitrogen and oxygen atoms in total. The fourth-order valence-electron chi connectivity index (χ4n) is 2.61. The van der Waals surface area contributed by atoms with Crippen molar-refractivity contribution in [3.63, 3.8) is 0 Å². The van der Waals surface area contributed by atoms with Gasteiger partial charge >= 0.3 is 0 Å². The SMILES string of the molecule is Cc1cc(C(=O)c2ccc3c(c2)C(C)(C)CO3)ccc1Br. The third-order valence-corrected chi connectivity index (χ3v) is 4.87. The van der Waals surface area contributed by atoms with Crippen molar-refractivity contribution in [1.82, 2.24) is 0 Å². The smallest absolute Gasteiger partial charge is 0.193 e. The van der Waals surface area contributed by atoms with E-state index < -0.39 is 0 Å². The number of ketones is 1.